The fraction of sp³-hybridized carbons (Fsp3) is 0.560. The molecule has 5 rings (SSSR count). The van der Waals surface area contributed by atoms with E-state index in [-0.39, 0.29) is 11.9 Å². The van der Waals surface area contributed by atoms with Crippen LogP contribution in [0, 0.1) is 17.1 Å². The molecule has 1 aromatic heterocycles. The molecule has 2 aromatic rings. The second-order valence-corrected chi connectivity index (χ2v) is 9.45. The maximum Gasteiger partial charge on any atom is 0.318 e. The van der Waals surface area contributed by atoms with Gasteiger partial charge in [-0.15, -0.1) is 0 Å². The van der Waals surface area contributed by atoms with Crippen molar-refractivity contribution >= 4 is 11.5 Å². The lowest BCUT2D eigenvalue weighted by Crippen LogP contribution is -2.51. The predicted octanol–water partition coefficient (Wildman–Crippen LogP) is 2.31. The van der Waals surface area contributed by atoms with E-state index >= 15 is 0 Å². The summed E-state index contributed by atoms with van der Waals surface area (Å²) in [5.41, 5.74) is 2.24. The lowest BCUT2D eigenvalue weighted by molar-refractivity contribution is 0.187. The van der Waals surface area contributed by atoms with Gasteiger partial charge >= 0.3 is 6.01 Å². The molecule has 10 heteroatoms. The van der Waals surface area contributed by atoms with Gasteiger partial charge in [-0.05, 0) is 38.6 Å². The molecular formula is C25H32FN7O2. The predicted molar refractivity (Wildman–Crippen MR) is 130 cm³/mol. The molecule has 2 saturated heterocycles. The molecule has 0 aliphatic carbocycles. The van der Waals surface area contributed by atoms with Gasteiger partial charge in [-0.25, -0.2) is 4.39 Å². The zero-order valence-corrected chi connectivity index (χ0v) is 20.3. The summed E-state index contributed by atoms with van der Waals surface area (Å²) in [5, 5.41) is 12.6. The number of nitriles is 1. The van der Waals surface area contributed by atoms with Crippen LogP contribution in [-0.2, 0) is 13.1 Å². The average Bonchev–Trinajstić information content (AvgIpc) is 3.48. The van der Waals surface area contributed by atoms with Crippen LogP contribution in [0.15, 0.2) is 18.2 Å². The third-order valence-corrected chi connectivity index (χ3v) is 7.19. The minimum Gasteiger partial charge on any atom is -0.494 e. The van der Waals surface area contributed by atoms with E-state index in [0.717, 1.165) is 43.1 Å². The van der Waals surface area contributed by atoms with Crippen molar-refractivity contribution in [3.63, 3.8) is 0 Å². The number of fused-ring (bicyclic) bond motifs is 1. The average molecular weight is 482 g/mol. The van der Waals surface area contributed by atoms with Crippen molar-refractivity contribution in [2.45, 2.75) is 44.4 Å². The number of hydrogen-bond donors (Lipinski definition) is 1. The van der Waals surface area contributed by atoms with Crippen LogP contribution < -0.4 is 24.6 Å². The monoisotopic (exact) mass is 481 g/mol. The van der Waals surface area contributed by atoms with Crippen LogP contribution in [0.3, 0.4) is 0 Å². The molecule has 2 atom stereocenters. The van der Waals surface area contributed by atoms with Crippen LogP contribution in [0.1, 0.15) is 30.5 Å². The Bertz CT molecular complexity index is 1110. The molecular weight excluding hydrogens is 449 g/mol. The quantitative estimate of drug-likeness (QED) is 0.640. The van der Waals surface area contributed by atoms with Crippen molar-refractivity contribution < 1.29 is 13.9 Å². The Labute approximate surface area is 205 Å². The van der Waals surface area contributed by atoms with Gasteiger partial charge in [0.25, 0.3) is 0 Å². The summed E-state index contributed by atoms with van der Waals surface area (Å²) in [6.45, 7) is 4.72. The molecule has 0 saturated carbocycles. The molecule has 3 aliphatic rings. The van der Waals surface area contributed by atoms with Gasteiger partial charge in [-0.1, -0.05) is 6.07 Å². The molecule has 0 spiro atoms. The number of hydrogen-bond acceptors (Lipinski definition) is 9. The highest BCUT2D eigenvalue weighted by atomic mass is 19.1. The van der Waals surface area contributed by atoms with Crippen LogP contribution in [0.25, 0.3) is 0 Å². The lowest BCUT2D eigenvalue weighted by atomic mass is 10.1. The van der Waals surface area contributed by atoms with Gasteiger partial charge in [-0.3, -0.25) is 0 Å². The Kier molecular flexibility index (Phi) is 6.88. The number of methoxy groups -OCH3 is 1. The first-order valence-corrected chi connectivity index (χ1v) is 12.2. The van der Waals surface area contributed by atoms with Gasteiger partial charge in [0.15, 0.2) is 0 Å². The largest absolute Gasteiger partial charge is 0.494 e. The van der Waals surface area contributed by atoms with Gasteiger partial charge in [0.05, 0.1) is 31.8 Å². The van der Waals surface area contributed by atoms with Gasteiger partial charge in [0, 0.05) is 43.8 Å². The Hall–Kier alpha value is -3.16. The molecule has 0 bridgehead atoms. The summed E-state index contributed by atoms with van der Waals surface area (Å²) in [7, 11) is 3.67. The minimum atomic E-state index is -0.330. The van der Waals surface area contributed by atoms with Gasteiger partial charge in [-0.2, -0.15) is 15.2 Å². The van der Waals surface area contributed by atoms with E-state index in [0.29, 0.717) is 56.2 Å². The number of anilines is 2. The Morgan fingerprint density at radius 1 is 1.23 bits per heavy atom. The van der Waals surface area contributed by atoms with Crippen molar-refractivity contribution in [1.82, 2.24) is 20.2 Å². The fourth-order valence-electron chi connectivity index (χ4n) is 5.29. The Morgan fingerprint density at radius 2 is 2.11 bits per heavy atom. The number of para-hydroxylation sites is 1. The van der Waals surface area contributed by atoms with Crippen molar-refractivity contribution in [2.75, 3.05) is 56.7 Å². The first-order valence-electron chi connectivity index (χ1n) is 12.2. The second-order valence-electron chi connectivity index (χ2n) is 9.45. The molecule has 0 amide bonds. The molecule has 3 aliphatic heterocycles. The molecule has 9 nitrogen and oxygen atoms in total. The highest BCUT2D eigenvalue weighted by Gasteiger charge is 2.33. The Morgan fingerprint density at radius 3 is 2.89 bits per heavy atom. The number of ether oxygens (including phenoxy) is 2. The number of nitrogens with zero attached hydrogens (tertiary/aromatic N) is 6. The van der Waals surface area contributed by atoms with Crippen molar-refractivity contribution in [1.29, 1.82) is 5.26 Å². The molecule has 0 radical (unpaired) electrons. The number of likely N-dealkylation sites (N-methyl/N-ethyl adjacent to an activating group) is 1. The normalized spacial score (nSPS) is 22.2. The van der Waals surface area contributed by atoms with Crippen molar-refractivity contribution in [3.05, 3.63) is 35.3 Å². The van der Waals surface area contributed by atoms with E-state index in [2.05, 4.69) is 28.2 Å². The fourth-order valence-corrected chi connectivity index (χ4v) is 5.29. The standard InChI is InChI=1S/C25H32FN7O2/c1-31-11-4-5-18(31)16-35-25-29-21-15-33(23-20(26)6-3-7-22(23)34-2)14-19(21)24(30-25)32-12-10-28-17(13-32)8-9-27/h3,6-7,17-18,28H,4-5,8,10-16H2,1-2H3/t17-,18-/m0/s1. The lowest BCUT2D eigenvalue weighted by Gasteiger charge is -2.34. The van der Waals surface area contributed by atoms with Crippen LogP contribution in [0.5, 0.6) is 11.8 Å². The van der Waals surface area contributed by atoms with Crippen LogP contribution >= 0.6 is 0 Å². The molecule has 186 valence electrons. The zero-order chi connectivity index (χ0) is 24.4. The molecule has 1 aromatic carbocycles. The van der Waals surface area contributed by atoms with Crippen molar-refractivity contribution in [3.8, 4) is 17.8 Å². The van der Waals surface area contributed by atoms with Crippen LogP contribution in [-0.4, -0.2) is 73.9 Å². The van der Waals surface area contributed by atoms with Crippen LogP contribution in [0.4, 0.5) is 15.9 Å². The molecule has 35 heavy (non-hydrogen) atoms. The summed E-state index contributed by atoms with van der Waals surface area (Å²) in [6, 6.07) is 7.91. The molecule has 4 heterocycles. The topological polar surface area (TPSA) is 89.8 Å². The van der Waals surface area contributed by atoms with E-state index in [1.807, 2.05) is 4.90 Å². The van der Waals surface area contributed by atoms with Crippen LogP contribution in [0.2, 0.25) is 0 Å². The summed E-state index contributed by atoms with van der Waals surface area (Å²) < 4.78 is 26.5. The van der Waals surface area contributed by atoms with Crippen molar-refractivity contribution in [2.24, 2.45) is 0 Å². The third kappa shape index (κ3) is 4.83. The summed E-state index contributed by atoms with van der Waals surface area (Å²) >= 11 is 0. The molecule has 0 unspecified atom stereocenters. The minimum absolute atomic E-state index is 0.0695. The van der Waals surface area contributed by atoms with E-state index in [1.165, 1.54) is 12.5 Å². The number of halogens is 1. The molecule has 2 fully saturated rings. The number of piperazine rings is 1. The summed E-state index contributed by atoms with van der Waals surface area (Å²) in [5.74, 6) is 0.972. The van der Waals surface area contributed by atoms with Gasteiger partial charge < -0.3 is 29.5 Å². The summed E-state index contributed by atoms with van der Waals surface area (Å²) in [6.07, 6.45) is 2.70. The third-order valence-electron chi connectivity index (χ3n) is 7.19. The van der Waals surface area contributed by atoms with E-state index in [4.69, 9.17) is 19.4 Å². The number of nitrogens with one attached hydrogen (secondary N) is 1. The Balaban J connectivity index is 1.46. The first kappa shape index (κ1) is 23.6. The maximum atomic E-state index is 14.9. The van der Waals surface area contributed by atoms with Gasteiger partial charge in [0.1, 0.15) is 29.7 Å². The van der Waals surface area contributed by atoms with Gasteiger partial charge in [0.2, 0.25) is 0 Å². The van der Waals surface area contributed by atoms with E-state index < -0.39 is 0 Å². The maximum absolute atomic E-state index is 14.9. The second kappa shape index (κ2) is 10.2. The number of likely N-dealkylation sites (tertiary alicyclic amines) is 1. The summed E-state index contributed by atoms with van der Waals surface area (Å²) in [4.78, 5) is 16.1. The SMILES string of the molecule is COc1cccc(F)c1N1Cc2nc(OC[C@@H]3CCCN3C)nc(N3CCN[C@@H](CC#N)C3)c2C1. The van der Waals surface area contributed by atoms with E-state index in [1.54, 1.807) is 19.2 Å². The van der Waals surface area contributed by atoms with E-state index in [9.17, 15) is 9.65 Å². The zero-order valence-electron chi connectivity index (χ0n) is 20.3. The number of benzene rings is 1. The number of aromatic nitrogens is 2. The number of rotatable bonds is 7. The highest BCUT2D eigenvalue weighted by molar-refractivity contribution is 5.64. The smallest absolute Gasteiger partial charge is 0.318 e. The molecule has 1 N–H and O–H groups in total. The highest BCUT2D eigenvalue weighted by Crippen LogP contribution is 2.39. The first-order chi connectivity index (χ1) is 17.1.